The van der Waals surface area contributed by atoms with Crippen LogP contribution < -0.4 is 10.5 Å². The largest absolute Gasteiger partial charge is 0.324 e. The van der Waals surface area contributed by atoms with Crippen molar-refractivity contribution in [1.82, 2.24) is 0 Å². The van der Waals surface area contributed by atoms with Crippen molar-refractivity contribution in [3.8, 4) is 0 Å². The fraction of sp³-hybridized carbons (Fsp3) is 0.500. The lowest BCUT2D eigenvalue weighted by Crippen LogP contribution is -2.20. The first-order valence-electron chi connectivity index (χ1n) is 5.66. The molecule has 0 aromatic heterocycles. The molecule has 0 saturated heterocycles. The Morgan fingerprint density at radius 2 is 1.94 bits per heavy atom. The molecule has 4 nitrogen and oxygen atoms in total. The smallest absolute Gasteiger partial charge is 0.232 e. The molecule has 0 aliphatic carbocycles. The molecule has 1 unspecified atom stereocenters. The Bertz CT molecular complexity index is 467. The molecule has 1 atom stereocenters. The summed E-state index contributed by atoms with van der Waals surface area (Å²) in [7, 11) is -3.27. The monoisotopic (exact) mass is 256 g/mol. The number of hydrogen-bond donors (Lipinski definition) is 2. The summed E-state index contributed by atoms with van der Waals surface area (Å²) >= 11 is 0. The number of sulfonamides is 1. The van der Waals surface area contributed by atoms with Gasteiger partial charge < -0.3 is 5.73 Å². The Morgan fingerprint density at radius 3 is 2.47 bits per heavy atom. The van der Waals surface area contributed by atoms with Crippen molar-refractivity contribution in [3.63, 3.8) is 0 Å². The zero-order chi connectivity index (χ0) is 13.1. The van der Waals surface area contributed by atoms with E-state index >= 15 is 0 Å². The summed E-state index contributed by atoms with van der Waals surface area (Å²) in [4.78, 5) is 0. The molecule has 0 aliphatic heterocycles. The van der Waals surface area contributed by atoms with Gasteiger partial charge in [0.1, 0.15) is 0 Å². The molecule has 1 aromatic rings. The summed E-state index contributed by atoms with van der Waals surface area (Å²) in [6, 6.07) is 7.06. The van der Waals surface area contributed by atoms with Crippen molar-refractivity contribution in [2.45, 2.75) is 26.8 Å². The van der Waals surface area contributed by atoms with Gasteiger partial charge in [-0.2, -0.15) is 0 Å². The highest BCUT2D eigenvalue weighted by Crippen LogP contribution is 2.17. The van der Waals surface area contributed by atoms with Crippen LogP contribution in [0, 0.1) is 5.92 Å². The van der Waals surface area contributed by atoms with Crippen LogP contribution in [-0.2, 0) is 10.0 Å². The minimum atomic E-state index is -3.27. The van der Waals surface area contributed by atoms with E-state index in [0.717, 1.165) is 5.56 Å². The normalized spacial score (nSPS) is 13.7. The van der Waals surface area contributed by atoms with Crippen LogP contribution in [-0.4, -0.2) is 14.2 Å². The average molecular weight is 256 g/mol. The number of anilines is 1. The third-order valence-corrected chi connectivity index (χ3v) is 3.89. The molecule has 0 aliphatic rings. The quantitative estimate of drug-likeness (QED) is 0.847. The van der Waals surface area contributed by atoms with Gasteiger partial charge in [-0.05, 0) is 30.5 Å². The summed E-state index contributed by atoms with van der Waals surface area (Å²) in [6.07, 6.45) is 0. The van der Waals surface area contributed by atoms with Crippen LogP contribution in [0.4, 0.5) is 5.69 Å². The summed E-state index contributed by atoms with van der Waals surface area (Å²) in [5, 5.41) is 0. The molecule has 96 valence electrons. The van der Waals surface area contributed by atoms with E-state index in [9.17, 15) is 8.42 Å². The Balaban J connectivity index is 2.85. The second-order valence-electron chi connectivity index (χ2n) is 4.69. The van der Waals surface area contributed by atoms with Gasteiger partial charge in [-0.15, -0.1) is 0 Å². The van der Waals surface area contributed by atoms with Crippen molar-refractivity contribution < 1.29 is 8.42 Å². The maximum absolute atomic E-state index is 11.7. The van der Waals surface area contributed by atoms with Crippen molar-refractivity contribution >= 4 is 15.7 Å². The van der Waals surface area contributed by atoms with Gasteiger partial charge in [0.25, 0.3) is 0 Å². The van der Waals surface area contributed by atoms with Crippen LogP contribution in [0.15, 0.2) is 24.3 Å². The fourth-order valence-corrected chi connectivity index (χ4v) is 2.99. The molecule has 0 fully saturated rings. The highest BCUT2D eigenvalue weighted by Gasteiger charge is 2.13. The van der Waals surface area contributed by atoms with Crippen LogP contribution in [0.3, 0.4) is 0 Å². The van der Waals surface area contributed by atoms with Gasteiger partial charge in [0, 0.05) is 11.7 Å². The maximum Gasteiger partial charge on any atom is 0.232 e. The molecular weight excluding hydrogens is 236 g/mol. The topological polar surface area (TPSA) is 72.2 Å². The van der Waals surface area contributed by atoms with Gasteiger partial charge in [-0.25, -0.2) is 8.42 Å². The Labute approximate surface area is 103 Å². The molecule has 0 amide bonds. The first-order chi connectivity index (χ1) is 7.80. The van der Waals surface area contributed by atoms with Gasteiger partial charge in [-0.3, -0.25) is 4.72 Å². The van der Waals surface area contributed by atoms with E-state index in [1.54, 1.807) is 18.2 Å². The van der Waals surface area contributed by atoms with Gasteiger partial charge in [0.05, 0.1) is 5.75 Å². The maximum atomic E-state index is 11.7. The zero-order valence-electron chi connectivity index (χ0n) is 10.5. The first kappa shape index (κ1) is 14.0. The Morgan fingerprint density at radius 1 is 1.29 bits per heavy atom. The molecule has 0 radical (unpaired) electrons. The van der Waals surface area contributed by atoms with Crippen molar-refractivity contribution in [3.05, 3.63) is 29.8 Å². The number of nitrogens with two attached hydrogens (primary N) is 1. The Hall–Kier alpha value is -1.07. The number of hydrogen-bond acceptors (Lipinski definition) is 3. The second-order valence-corrected chi connectivity index (χ2v) is 6.46. The predicted octanol–water partition coefficient (Wildman–Crippen LogP) is 2.10. The molecule has 17 heavy (non-hydrogen) atoms. The van der Waals surface area contributed by atoms with E-state index in [1.165, 1.54) is 0 Å². The molecule has 0 spiro atoms. The first-order valence-corrected chi connectivity index (χ1v) is 7.31. The molecule has 1 aromatic carbocycles. The Kier molecular flexibility index (Phi) is 4.54. The second kappa shape index (κ2) is 5.51. The van der Waals surface area contributed by atoms with Crippen LogP contribution in [0.5, 0.6) is 0 Å². The van der Waals surface area contributed by atoms with Crippen molar-refractivity contribution in [2.75, 3.05) is 10.5 Å². The SMILES string of the molecule is CC(C)CS(=O)(=O)Nc1cccc(C(C)N)c1. The third-order valence-electron chi connectivity index (χ3n) is 2.24. The number of benzene rings is 1. The van der Waals surface area contributed by atoms with E-state index in [1.807, 2.05) is 26.8 Å². The molecule has 0 saturated carbocycles. The fourth-order valence-electron chi connectivity index (χ4n) is 1.55. The van der Waals surface area contributed by atoms with Gasteiger partial charge in [-0.1, -0.05) is 26.0 Å². The summed E-state index contributed by atoms with van der Waals surface area (Å²) in [5.74, 6) is 0.221. The molecular formula is C12H20N2O2S. The lowest BCUT2D eigenvalue weighted by Gasteiger charge is -2.12. The minimum Gasteiger partial charge on any atom is -0.324 e. The molecule has 3 N–H and O–H groups in total. The summed E-state index contributed by atoms with van der Waals surface area (Å²) in [5.41, 5.74) is 7.23. The number of rotatable bonds is 5. The van der Waals surface area contributed by atoms with Crippen molar-refractivity contribution in [1.29, 1.82) is 0 Å². The van der Waals surface area contributed by atoms with Crippen LogP contribution >= 0.6 is 0 Å². The predicted molar refractivity (Wildman–Crippen MR) is 71.3 cm³/mol. The van der Waals surface area contributed by atoms with Crippen molar-refractivity contribution in [2.24, 2.45) is 11.7 Å². The lowest BCUT2D eigenvalue weighted by atomic mass is 10.1. The van der Waals surface area contributed by atoms with Crippen LogP contribution in [0.1, 0.15) is 32.4 Å². The summed E-state index contributed by atoms with van der Waals surface area (Å²) in [6.45, 7) is 5.61. The van der Waals surface area contributed by atoms with Gasteiger partial charge in [0.2, 0.25) is 10.0 Å². The average Bonchev–Trinajstić information content (AvgIpc) is 2.14. The standard InChI is InChI=1S/C12H20N2O2S/c1-9(2)8-17(15,16)14-12-6-4-5-11(7-12)10(3)13/h4-7,9-10,14H,8,13H2,1-3H3. The zero-order valence-corrected chi connectivity index (χ0v) is 11.3. The molecule has 0 bridgehead atoms. The van der Waals surface area contributed by atoms with Crippen LogP contribution in [0.2, 0.25) is 0 Å². The van der Waals surface area contributed by atoms with E-state index in [2.05, 4.69) is 4.72 Å². The van der Waals surface area contributed by atoms with E-state index < -0.39 is 10.0 Å². The highest BCUT2D eigenvalue weighted by atomic mass is 32.2. The molecule has 1 rings (SSSR count). The summed E-state index contributed by atoms with van der Waals surface area (Å²) < 4.78 is 26.1. The molecule has 5 heteroatoms. The molecule has 0 heterocycles. The van der Waals surface area contributed by atoms with Crippen LogP contribution in [0.25, 0.3) is 0 Å². The highest BCUT2D eigenvalue weighted by molar-refractivity contribution is 7.92. The van der Waals surface area contributed by atoms with E-state index in [-0.39, 0.29) is 17.7 Å². The minimum absolute atomic E-state index is 0.101. The van der Waals surface area contributed by atoms with E-state index in [4.69, 9.17) is 5.73 Å². The lowest BCUT2D eigenvalue weighted by molar-refractivity contribution is 0.587. The number of nitrogens with one attached hydrogen (secondary N) is 1. The van der Waals surface area contributed by atoms with Gasteiger partial charge >= 0.3 is 0 Å². The third kappa shape index (κ3) is 4.75. The van der Waals surface area contributed by atoms with Gasteiger partial charge in [0.15, 0.2) is 0 Å². The van der Waals surface area contributed by atoms with E-state index in [0.29, 0.717) is 5.69 Å².